The van der Waals surface area contributed by atoms with E-state index in [0.717, 1.165) is 48.6 Å². The molecule has 0 saturated carbocycles. The molecule has 1 N–H and O–H groups in total. The van der Waals surface area contributed by atoms with Crippen LogP contribution in [0.3, 0.4) is 0 Å². The molecule has 0 atom stereocenters. The van der Waals surface area contributed by atoms with E-state index in [1.54, 1.807) is 6.08 Å². The number of hydrogen-bond donors (Lipinski definition) is 1. The van der Waals surface area contributed by atoms with Crippen molar-refractivity contribution in [2.45, 2.75) is 40.5 Å². The molecule has 0 fully saturated rings. The summed E-state index contributed by atoms with van der Waals surface area (Å²) < 4.78 is 2.16. The number of carbonyl (C=O) groups is 1. The Kier molecular flexibility index (Phi) is 8.70. The van der Waals surface area contributed by atoms with Gasteiger partial charge in [-0.25, -0.2) is 0 Å². The minimum atomic E-state index is -0.330. The number of amides is 1. The van der Waals surface area contributed by atoms with Crippen LogP contribution in [0.4, 0.5) is 5.69 Å². The van der Waals surface area contributed by atoms with Gasteiger partial charge in [0.05, 0.1) is 0 Å². The second kappa shape index (κ2) is 11.9. The van der Waals surface area contributed by atoms with E-state index < -0.39 is 0 Å². The third-order valence-electron chi connectivity index (χ3n) is 6.14. The molecule has 0 radical (unpaired) electrons. The van der Waals surface area contributed by atoms with Crippen molar-refractivity contribution < 1.29 is 4.79 Å². The van der Waals surface area contributed by atoms with Crippen LogP contribution in [0.15, 0.2) is 66.2 Å². The molecule has 0 unspecified atom stereocenters. The lowest BCUT2D eigenvalue weighted by molar-refractivity contribution is -0.117. The van der Waals surface area contributed by atoms with Crippen molar-refractivity contribution in [3.8, 4) is 11.8 Å². The van der Waals surface area contributed by atoms with Crippen LogP contribution >= 0.6 is 0 Å². The summed E-state index contributed by atoms with van der Waals surface area (Å²) in [5.41, 5.74) is 6.56. The van der Waals surface area contributed by atoms with Gasteiger partial charge >= 0.3 is 0 Å². The normalized spacial score (nSPS) is 11.2. The number of anilines is 1. The number of rotatable bonds is 10. The van der Waals surface area contributed by atoms with Gasteiger partial charge in [0.25, 0.3) is 5.91 Å². The predicted molar refractivity (Wildman–Crippen MR) is 140 cm³/mol. The second-order valence-electron chi connectivity index (χ2n) is 8.37. The standard InChI is InChI=1S/C29H34N4O/c1-5-32(6-2)27-14-16-28(17-15-27)33-22(3)19-25(23(33)4)20-26(21-30)29(34)31-18-10-13-24-11-8-7-9-12-24/h7-9,11-12,14-17,19-20H,5-6,10,13,18H2,1-4H3,(H,31,34)/b26-20-. The highest BCUT2D eigenvalue weighted by Gasteiger charge is 2.14. The summed E-state index contributed by atoms with van der Waals surface area (Å²) in [6.07, 6.45) is 3.41. The van der Waals surface area contributed by atoms with Crippen LogP contribution in [0.5, 0.6) is 0 Å². The second-order valence-corrected chi connectivity index (χ2v) is 8.37. The highest BCUT2D eigenvalue weighted by molar-refractivity contribution is 6.01. The quantitative estimate of drug-likeness (QED) is 0.247. The maximum absolute atomic E-state index is 12.6. The average Bonchev–Trinajstić information content (AvgIpc) is 3.14. The monoisotopic (exact) mass is 454 g/mol. The molecule has 176 valence electrons. The van der Waals surface area contributed by atoms with Crippen molar-refractivity contribution in [3.63, 3.8) is 0 Å². The number of aromatic nitrogens is 1. The number of nitriles is 1. The average molecular weight is 455 g/mol. The van der Waals surface area contributed by atoms with E-state index >= 15 is 0 Å². The molecule has 5 nitrogen and oxygen atoms in total. The fraction of sp³-hybridized carbons (Fsp3) is 0.310. The van der Waals surface area contributed by atoms with Crippen LogP contribution in [-0.4, -0.2) is 30.1 Å². The summed E-state index contributed by atoms with van der Waals surface area (Å²) in [6, 6.07) is 22.8. The third-order valence-corrected chi connectivity index (χ3v) is 6.14. The number of hydrogen-bond acceptors (Lipinski definition) is 3. The van der Waals surface area contributed by atoms with Gasteiger partial charge in [0.15, 0.2) is 0 Å². The van der Waals surface area contributed by atoms with Crippen molar-refractivity contribution in [1.29, 1.82) is 5.26 Å². The Morgan fingerprint density at radius 3 is 2.35 bits per heavy atom. The Morgan fingerprint density at radius 1 is 1.06 bits per heavy atom. The van der Waals surface area contributed by atoms with E-state index in [9.17, 15) is 10.1 Å². The lowest BCUT2D eigenvalue weighted by atomic mass is 10.1. The molecule has 34 heavy (non-hydrogen) atoms. The molecular weight excluding hydrogens is 420 g/mol. The first-order valence-electron chi connectivity index (χ1n) is 12.0. The SMILES string of the molecule is CCN(CC)c1ccc(-n2c(C)cc(/C=C(/C#N)C(=O)NCCCc3ccccc3)c2C)cc1. The Morgan fingerprint density at radius 2 is 1.74 bits per heavy atom. The van der Waals surface area contributed by atoms with Crippen LogP contribution in [0, 0.1) is 25.2 Å². The van der Waals surface area contributed by atoms with E-state index in [4.69, 9.17) is 0 Å². The Bertz CT molecular complexity index is 1160. The molecule has 3 rings (SSSR count). The van der Waals surface area contributed by atoms with Crippen molar-refractivity contribution in [2.75, 3.05) is 24.5 Å². The maximum atomic E-state index is 12.6. The lowest BCUT2D eigenvalue weighted by Gasteiger charge is -2.21. The van der Waals surface area contributed by atoms with Gasteiger partial charge < -0.3 is 14.8 Å². The zero-order valence-electron chi connectivity index (χ0n) is 20.6. The van der Waals surface area contributed by atoms with E-state index in [0.29, 0.717) is 6.54 Å². The summed E-state index contributed by atoms with van der Waals surface area (Å²) >= 11 is 0. The van der Waals surface area contributed by atoms with Gasteiger partial charge in [-0.2, -0.15) is 5.26 Å². The van der Waals surface area contributed by atoms with Crippen LogP contribution in [0.1, 0.15) is 42.8 Å². The molecule has 0 aliphatic carbocycles. The molecule has 0 aliphatic rings. The smallest absolute Gasteiger partial charge is 0.261 e. The molecule has 0 spiro atoms. The maximum Gasteiger partial charge on any atom is 0.261 e. The van der Waals surface area contributed by atoms with Gasteiger partial charge in [-0.15, -0.1) is 0 Å². The topological polar surface area (TPSA) is 61.1 Å². The summed E-state index contributed by atoms with van der Waals surface area (Å²) in [6.45, 7) is 10.8. The Labute approximate surface area is 203 Å². The molecule has 3 aromatic rings. The number of nitrogens with zero attached hydrogens (tertiary/aromatic N) is 3. The van der Waals surface area contributed by atoms with Crippen molar-refractivity contribution >= 4 is 17.7 Å². The van der Waals surface area contributed by atoms with Gasteiger partial charge in [0.1, 0.15) is 11.6 Å². The van der Waals surface area contributed by atoms with Crippen LogP contribution < -0.4 is 10.2 Å². The first-order valence-corrected chi connectivity index (χ1v) is 12.0. The molecule has 0 bridgehead atoms. The van der Waals surface area contributed by atoms with Gasteiger partial charge in [-0.3, -0.25) is 4.79 Å². The molecule has 0 saturated heterocycles. The number of aryl methyl sites for hydroxylation is 2. The summed E-state index contributed by atoms with van der Waals surface area (Å²) in [5, 5.41) is 12.5. The highest BCUT2D eigenvalue weighted by atomic mass is 16.1. The first kappa shape index (κ1) is 24.9. The number of carbonyl (C=O) groups excluding carboxylic acids is 1. The highest BCUT2D eigenvalue weighted by Crippen LogP contribution is 2.25. The zero-order chi connectivity index (χ0) is 24.5. The minimum absolute atomic E-state index is 0.122. The van der Waals surface area contributed by atoms with E-state index in [-0.39, 0.29) is 11.5 Å². The van der Waals surface area contributed by atoms with Crippen LogP contribution in [0.25, 0.3) is 11.8 Å². The zero-order valence-corrected chi connectivity index (χ0v) is 20.6. The van der Waals surface area contributed by atoms with Crippen molar-refractivity contribution in [1.82, 2.24) is 9.88 Å². The Balaban J connectivity index is 1.71. The third kappa shape index (κ3) is 5.96. The molecule has 1 aromatic heterocycles. The van der Waals surface area contributed by atoms with Gasteiger partial charge in [-0.05, 0) is 88.1 Å². The number of benzene rings is 2. The van der Waals surface area contributed by atoms with E-state index in [1.165, 1.54) is 11.3 Å². The van der Waals surface area contributed by atoms with Gasteiger partial charge in [0, 0.05) is 42.4 Å². The summed E-state index contributed by atoms with van der Waals surface area (Å²) in [4.78, 5) is 14.9. The van der Waals surface area contributed by atoms with Crippen LogP contribution in [-0.2, 0) is 11.2 Å². The molecule has 2 aromatic carbocycles. The van der Waals surface area contributed by atoms with Gasteiger partial charge in [0.2, 0.25) is 0 Å². The fourth-order valence-corrected chi connectivity index (χ4v) is 4.27. The first-order chi connectivity index (χ1) is 16.5. The minimum Gasteiger partial charge on any atom is -0.372 e. The molecule has 0 aliphatic heterocycles. The lowest BCUT2D eigenvalue weighted by Crippen LogP contribution is -2.25. The summed E-state index contributed by atoms with van der Waals surface area (Å²) in [5.74, 6) is -0.330. The Hall–Kier alpha value is -3.78. The molecular formula is C29H34N4O. The van der Waals surface area contributed by atoms with Gasteiger partial charge in [-0.1, -0.05) is 30.3 Å². The predicted octanol–water partition coefficient (Wildman–Crippen LogP) is 5.60. The molecule has 1 heterocycles. The van der Waals surface area contributed by atoms with Crippen molar-refractivity contribution in [2.24, 2.45) is 0 Å². The fourth-order valence-electron chi connectivity index (χ4n) is 4.27. The van der Waals surface area contributed by atoms with E-state index in [2.05, 4.69) is 71.1 Å². The molecule has 5 heteroatoms. The number of nitrogens with one attached hydrogen (secondary N) is 1. The van der Waals surface area contributed by atoms with E-state index in [1.807, 2.05) is 38.1 Å². The van der Waals surface area contributed by atoms with Crippen molar-refractivity contribution in [3.05, 3.63) is 88.8 Å². The molecule has 1 amide bonds. The largest absolute Gasteiger partial charge is 0.372 e. The van der Waals surface area contributed by atoms with Crippen LogP contribution in [0.2, 0.25) is 0 Å². The summed E-state index contributed by atoms with van der Waals surface area (Å²) in [7, 11) is 0.